The smallest absolute Gasteiger partial charge is 0.338 e. The molecule has 1 atom stereocenters. The number of allylic oxidation sites excluding steroid dienone is 1. The molecule has 1 aliphatic carbocycles. The lowest BCUT2D eigenvalue weighted by molar-refractivity contribution is -0.136. The molecular formula is C24H25BrF2N4O4S2. The maximum Gasteiger partial charge on any atom is 0.338 e. The molecule has 1 saturated heterocycles. The highest BCUT2D eigenvalue weighted by atomic mass is 79.9. The van der Waals surface area contributed by atoms with Crippen LogP contribution in [-0.2, 0) is 19.6 Å². The molecule has 1 saturated carbocycles. The van der Waals surface area contributed by atoms with Gasteiger partial charge in [-0.2, -0.15) is 0 Å². The van der Waals surface area contributed by atoms with E-state index in [4.69, 9.17) is 4.74 Å². The minimum absolute atomic E-state index is 0.135. The molecular weight excluding hydrogens is 590 g/mol. The normalized spacial score (nSPS) is 21.8. The van der Waals surface area contributed by atoms with Crippen LogP contribution in [-0.4, -0.2) is 55.0 Å². The number of rotatable bonds is 6. The zero-order valence-electron chi connectivity index (χ0n) is 19.9. The van der Waals surface area contributed by atoms with Gasteiger partial charge >= 0.3 is 5.97 Å². The average molecular weight is 616 g/mol. The summed E-state index contributed by atoms with van der Waals surface area (Å²) in [5.74, 6) is -2.58. The minimum Gasteiger partial charge on any atom is -0.466 e. The number of amidine groups is 1. The number of benzene rings is 1. The molecule has 0 spiro atoms. The number of hydrogen-bond acceptors (Lipinski definition) is 8. The van der Waals surface area contributed by atoms with Gasteiger partial charge in [0.2, 0.25) is 10.0 Å². The van der Waals surface area contributed by atoms with E-state index in [1.54, 1.807) is 15.9 Å². The quantitative estimate of drug-likeness (QED) is 0.385. The second-order valence-corrected chi connectivity index (χ2v) is 13.1. The van der Waals surface area contributed by atoms with Gasteiger partial charge in [0.05, 0.1) is 22.4 Å². The topological polar surface area (TPSA) is 101 Å². The van der Waals surface area contributed by atoms with Crippen LogP contribution in [0.2, 0.25) is 0 Å². The second kappa shape index (κ2) is 10.5. The van der Waals surface area contributed by atoms with Crippen molar-refractivity contribution in [2.45, 2.75) is 43.4 Å². The zero-order chi connectivity index (χ0) is 26.3. The van der Waals surface area contributed by atoms with Crippen LogP contribution in [0, 0.1) is 17.6 Å². The fourth-order valence-corrected chi connectivity index (χ4v) is 8.12. The molecule has 8 nitrogen and oxygen atoms in total. The number of halogens is 3. The van der Waals surface area contributed by atoms with Crippen LogP contribution < -0.4 is 5.32 Å². The van der Waals surface area contributed by atoms with Gasteiger partial charge in [-0.05, 0) is 53.2 Å². The fourth-order valence-electron chi connectivity index (χ4n) is 4.93. The molecule has 198 valence electrons. The van der Waals surface area contributed by atoms with Crippen molar-refractivity contribution < 1.29 is 26.7 Å². The maximum absolute atomic E-state index is 14.5. The number of aromatic nitrogens is 1. The predicted octanol–water partition coefficient (Wildman–Crippen LogP) is 4.30. The summed E-state index contributed by atoms with van der Waals surface area (Å²) in [6.07, 6.45) is 4.89. The highest BCUT2D eigenvalue weighted by molar-refractivity contribution is 9.10. The van der Waals surface area contributed by atoms with Crippen molar-refractivity contribution in [3.63, 3.8) is 0 Å². The first-order valence-corrected chi connectivity index (χ1v) is 15.1. The Kier molecular flexibility index (Phi) is 7.49. The first kappa shape index (κ1) is 26.4. The number of esters is 1. The van der Waals surface area contributed by atoms with Gasteiger partial charge in [0.25, 0.3) is 0 Å². The monoisotopic (exact) mass is 614 g/mol. The van der Waals surface area contributed by atoms with E-state index in [0.29, 0.717) is 55.3 Å². The van der Waals surface area contributed by atoms with Crippen LogP contribution in [0.25, 0.3) is 0 Å². The Labute approximate surface area is 226 Å². The third-order valence-electron chi connectivity index (χ3n) is 7.17. The highest BCUT2D eigenvalue weighted by Crippen LogP contribution is 2.41. The summed E-state index contributed by atoms with van der Waals surface area (Å²) < 4.78 is 60.9. The molecule has 5 rings (SSSR count). The number of carbonyl (C=O) groups is 1. The highest BCUT2D eigenvalue weighted by Gasteiger charge is 2.41. The lowest BCUT2D eigenvalue weighted by Gasteiger charge is -2.38. The summed E-state index contributed by atoms with van der Waals surface area (Å²) in [4.78, 5) is 22.1. The molecule has 0 bridgehead atoms. The van der Waals surface area contributed by atoms with Gasteiger partial charge in [-0.3, -0.25) is 4.99 Å². The molecule has 1 aromatic carbocycles. The third kappa shape index (κ3) is 4.86. The van der Waals surface area contributed by atoms with Crippen molar-refractivity contribution in [1.82, 2.24) is 14.6 Å². The Bertz CT molecular complexity index is 1370. The van der Waals surface area contributed by atoms with Crippen molar-refractivity contribution >= 4 is 49.1 Å². The van der Waals surface area contributed by atoms with Gasteiger partial charge in [0, 0.05) is 36.3 Å². The Hall–Kier alpha value is -2.22. The third-order valence-corrected chi connectivity index (χ3v) is 11.2. The fraction of sp³-hybridized carbons (Fsp3) is 0.458. The summed E-state index contributed by atoms with van der Waals surface area (Å²) >= 11 is 4.48. The molecule has 1 aromatic heterocycles. The number of methoxy groups -OCH3 is 1. The molecule has 3 aliphatic rings. The van der Waals surface area contributed by atoms with Gasteiger partial charge in [-0.25, -0.2) is 31.3 Å². The van der Waals surface area contributed by atoms with Gasteiger partial charge < -0.3 is 10.1 Å². The van der Waals surface area contributed by atoms with Crippen molar-refractivity contribution in [2.75, 3.05) is 20.2 Å². The average Bonchev–Trinajstić information content (AvgIpc) is 3.40. The summed E-state index contributed by atoms with van der Waals surface area (Å²) in [5, 5.41) is 5.30. The summed E-state index contributed by atoms with van der Waals surface area (Å²) in [5.41, 5.74) is 0.974. The predicted molar refractivity (Wildman–Crippen MR) is 138 cm³/mol. The van der Waals surface area contributed by atoms with Crippen molar-refractivity contribution in [2.24, 2.45) is 10.9 Å². The van der Waals surface area contributed by atoms with E-state index < -0.39 is 33.7 Å². The van der Waals surface area contributed by atoms with Gasteiger partial charge in [0.1, 0.15) is 6.04 Å². The van der Waals surface area contributed by atoms with Crippen molar-refractivity contribution in [3.8, 4) is 0 Å². The summed E-state index contributed by atoms with van der Waals surface area (Å²) in [6, 6.07) is 1.38. The Morgan fingerprint density at radius 3 is 2.54 bits per heavy atom. The van der Waals surface area contributed by atoms with Crippen LogP contribution in [0.15, 0.2) is 44.4 Å². The molecule has 1 N–H and O–H groups in total. The van der Waals surface area contributed by atoms with Crippen molar-refractivity contribution in [3.05, 3.63) is 61.7 Å². The SMILES string of the molecule is COC(=O)C1=C(C2CCN(S(=O)(=O)C3CCC3)CC2)NC(c2nccs2)=N[C@@H]1c1ccc(F)c(F)c1Br. The van der Waals surface area contributed by atoms with Gasteiger partial charge in [0.15, 0.2) is 22.5 Å². The largest absolute Gasteiger partial charge is 0.466 e. The van der Waals surface area contributed by atoms with Crippen LogP contribution in [0.4, 0.5) is 8.78 Å². The number of aliphatic imine (C=N–C) groups is 1. The lowest BCUT2D eigenvalue weighted by atomic mass is 9.86. The number of thiazole rings is 1. The maximum atomic E-state index is 14.5. The van der Waals surface area contributed by atoms with E-state index in [1.165, 1.54) is 24.5 Å². The van der Waals surface area contributed by atoms with Gasteiger partial charge in [-0.1, -0.05) is 12.5 Å². The number of sulfonamides is 1. The van der Waals surface area contributed by atoms with E-state index in [0.717, 1.165) is 12.5 Å². The molecule has 0 amide bonds. The zero-order valence-corrected chi connectivity index (χ0v) is 23.1. The van der Waals surface area contributed by atoms with E-state index in [9.17, 15) is 22.0 Å². The Balaban J connectivity index is 1.55. The summed E-state index contributed by atoms with van der Waals surface area (Å²) in [7, 11) is -2.09. The van der Waals surface area contributed by atoms with Crippen LogP contribution in [0.3, 0.4) is 0 Å². The summed E-state index contributed by atoms with van der Waals surface area (Å²) in [6.45, 7) is 0.652. The number of nitrogens with one attached hydrogen (secondary N) is 1. The minimum atomic E-state index is -3.34. The van der Waals surface area contributed by atoms with E-state index in [-0.39, 0.29) is 26.8 Å². The molecule has 2 aromatic rings. The standard InChI is InChI=1S/C24H25BrF2N4O4S2/c1-35-24(32)17-20(13-7-10-31(11-8-13)37(33,34)14-3-2-4-14)29-22(23-28-9-12-36-23)30-21(17)15-5-6-16(26)19(27)18(15)25/h5-6,9,12-14,21H,2-4,7-8,10-11H2,1H3,(H,29,30)/t21-/m1/s1. The number of ether oxygens (including phenoxy) is 1. The first-order valence-electron chi connectivity index (χ1n) is 11.9. The van der Waals surface area contributed by atoms with Crippen LogP contribution in [0.5, 0.6) is 0 Å². The van der Waals surface area contributed by atoms with Gasteiger partial charge in [-0.15, -0.1) is 11.3 Å². The number of hydrogen-bond donors (Lipinski definition) is 1. The number of nitrogens with zero attached hydrogens (tertiary/aromatic N) is 3. The van der Waals surface area contributed by atoms with Crippen LogP contribution in [0.1, 0.15) is 48.7 Å². The molecule has 13 heteroatoms. The molecule has 37 heavy (non-hydrogen) atoms. The van der Waals surface area contributed by atoms with E-state index in [2.05, 4.69) is 31.2 Å². The second-order valence-electron chi connectivity index (χ2n) is 9.20. The number of piperidine rings is 1. The molecule has 0 unspecified atom stereocenters. The Morgan fingerprint density at radius 2 is 1.95 bits per heavy atom. The first-order chi connectivity index (χ1) is 17.7. The van der Waals surface area contributed by atoms with Crippen LogP contribution >= 0.6 is 27.3 Å². The molecule has 2 fully saturated rings. The molecule has 2 aliphatic heterocycles. The van der Waals surface area contributed by atoms with E-state index in [1.807, 2.05) is 0 Å². The van der Waals surface area contributed by atoms with E-state index >= 15 is 0 Å². The molecule has 0 radical (unpaired) electrons. The Morgan fingerprint density at radius 1 is 1.22 bits per heavy atom. The number of carbonyl (C=O) groups excluding carboxylic acids is 1. The molecule has 3 heterocycles. The lowest BCUT2D eigenvalue weighted by Crippen LogP contribution is -2.47. The van der Waals surface area contributed by atoms with Crippen molar-refractivity contribution in [1.29, 1.82) is 0 Å².